The molecule has 0 aliphatic heterocycles. The minimum atomic E-state index is -0.667. The number of carbonyl (C=O) groups excluding carboxylic acids is 2. The molecule has 0 heterocycles. The Morgan fingerprint density at radius 1 is 1.10 bits per heavy atom. The molecule has 2 rings (SSSR count). The Kier molecular flexibility index (Phi) is 9.46. The van der Waals surface area contributed by atoms with Crippen LogP contribution in [-0.2, 0) is 16.1 Å². The van der Waals surface area contributed by atoms with Crippen LogP contribution in [0.5, 0.6) is 5.75 Å². The zero-order valence-electron chi connectivity index (χ0n) is 17.1. The molecule has 0 spiro atoms. The quantitative estimate of drug-likeness (QED) is 0.482. The summed E-state index contributed by atoms with van der Waals surface area (Å²) in [6.07, 6.45) is 0.803. The molecule has 0 saturated heterocycles. The van der Waals surface area contributed by atoms with Gasteiger partial charge in [-0.25, -0.2) is 0 Å². The topological polar surface area (TPSA) is 58.6 Å². The molecule has 0 aromatic heterocycles. The van der Waals surface area contributed by atoms with Crippen molar-refractivity contribution in [3.8, 4) is 5.75 Å². The molecule has 0 aliphatic carbocycles. The van der Waals surface area contributed by atoms with E-state index in [0.29, 0.717) is 20.3 Å². The van der Waals surface area contributed by atoms with Gasteiger partial charge in [-0.15, -0.1) is 0 Å². The molecule has 8 heteroatoms. The first-order chi connectivity index (χ1) is 14.2. The summed E-state index contributed by atoms with van der Waals surface area (Å²) in [5.74, 6) is -0.0196. The summed E-state index contributed by atoms with van der Waals surface area (Å²) in [5.41, 5.74) is 0.864. The fourth-order valence-electron chi connectivity index (χ4n) is 2.65. The lowest BCUT2D eigenvalue weighted by atomic mass is 10.1. The van der Waals surface area contributed by atoms with Crippen molar-refractivity contribution >= 4 is 50.9 Å². The van der Waals surface area contributed by atoms with E-state index in [4.69, 9.17) is 27.9 Å². The SMILES string of the molecule is CC[C@@H](C)NC(=O)[C@H](C)N(Cc1ccc(Cl)cc1)C(=O)COc1ccc(Cl)cc1Br. The molecule has 1 N–H and O–H groups in total. The van der Waals surface area contributed by atoms with Crippen molar-refractivity contribution in [2.75, 3.05) is 6.61 Å². The van der Waals surface area contributed by atoms with E-state index in [-0.39, 0.29) is 31.0 Å². The van der Waals surface area contributed by atoms with Gasteiger partial charge in [0.25, 0.3) is 5.91 Å². The Balaban J connectivity index is 2.16. The maximum Gasteiger partial charge on any atom is 0.261 e. The molecule has 162 valence electrons. The Labute approximate surface area is 195 Å². The van der Waals surface area contributed by atoms with E-state index in [2.05, 4.69) is 21.2 Å². The third-order valence-corrected chi connectivity index (χ3v) is 5.79. The molecular formula is C22H25BrCl2N2O3. The lowest BCUT2D eigenvalue weighted by Gasteiger charge is -2.29. The fourth-order valence-corrected chi connectivity index (χ4v) is 3.57. The summed E-state index contributed by atoms with van der Waals surface area (Å²) in [6.45, 7) is 5.68. The maximum absolute atomic E-state index is 13.0. The number of amides is 2. The molecule has 0 radical (unpaired) electrons. The minimum absolute atomic E-state index is 0.0220. The zero-order valence-corrected chi connectivity index (χ0v) is 20.2. The molecule has 0 bridgehead atoms. The highest BCUT2D eigenvalue weighted by molar-refractivity contribution is 9.10. The molecule has 0 unspecified atom stereocenters. The van der Waals surface area contributed by atoms with Crippen molar-refractivity contribution in [2.45, 2.75) is 45.8 Å². The van der Waals surface area contributed by atoms with Gasteiger partial charge in [-0.05, 0) is 72.1 Å². The van der Waals surface area contributed by atoms with Crippen molar-refractivity contribution in [1.29, 1.82) is 0 Å². The number of benzene rings is 2. The van der Waals surface area contributed by atoms with E-state index >= 15 is 0 Å². The van der Waals surface area contributed by atoms with Crippen molar-refractivity contribution in [3.63, 3.8) is 0 Å². The average Bonchev–Trinajstić information content (AvgIpc) is 2.71. The number of halogens is 3. The third kappa shape index (κ3) is 7.18. The van der Waals surface area contributed by atoms with Crippen LogP contribution in [0.4, 0.5) is 0 Å². The first-order valence-electron chi connectivity index (χ1n) is 9.63. The smallest absolute Gasteiger partial charge is 0.261 e. The Morgan fingerprint density at radius 3 is 2.33 bits per heavy atom. The van der Waals surface area contributed by atoms with Crippen LogP contribution >= 0.6 is 39.1 Å². The number of hydrogen-bond donors (Lipinski definition) is 1. The average molecular weight is 516 g/mol. The highest BCUT2D eigenvalue weighted by atomic mass is 79.9. The van der Waals surface area contributed by atoms with Crippen molar-refractivity contribution < 1.29 is 14.3 Å². The van der Waals surface area contributed by atoms with Crippen LogP contribution in [0.3, 0.4) is 0 Å². The van der Waals surface area contributed by atoms with E-state index in [0.717, 1.165) is 12.0 Å². The summed E-state index contributed by atoms with van der Waals surface area (Å²) in [7, 11) is 0. The zero-order chi connectivity index (χ0) is 22.3. The van der Waals surface area contributed by atoms with E-state index in [1.165, 1.54) is 4.90 Å². The standard InChI is InChI=1S/C22H25BrCl2N2O3/c1-4-14(2)26-22(29)15(3)27(12-16-5-7-17(24)8-6-16)21(28)13-30-20-10-9-18(25)11-19(20)23/h5-11,14-15H,4,12-13H2,1-3H3,(H,26,29)/t14-,15+/m1/s1. The highest BCUT2D eigenvalue weighted by Gasteiger charge is 2.27. The first-order valence-corrected chi connectivity index (χ1v) is 11.2. The van der Waals surface area contributed by atoms with Crippen molar-refractivity contribution in [1.82, 2.24) is 10.2 Å². The van der Waals surface area contributed by atoms with Crippen LogP contribution in [0.25, 0.3) is 0 Å². The molecule has 5 nitrogen and oxygen atoms in total. The van der Waals surface area contributed by atoms with Gasteiger partial charge in [0.2, 0.25) is 5.91 Å². The van der Waals surface area contributed by atoms with Gasteiger partial charge in [0.15, 0.2) is 6.61 Å². The lowest BCUT2D eigenvalue weighted by molar-refractivity contribution is -0.142. The Hall–Kier alpha value is -1.76. The summed E-state index contributed by atoms with van der Waals surface area (Å²) in [4.78, 5) is 27.2. The number of nitrogens with one attached hydrogen (secondary N) is 1. The molecule has 30 heavy (non-hydrogen) atoms. The van der Waals surface area contributed by atoms with Crippen molar-refractivity contribution in [3.05, 3.63) is 62.5 Å². The van der Waals surface area contributed by atoms with Crippen LogP contribution < -0.4 is 10.1 Å². The number of carbonyl (C=O) groups is 2. The molecular weight excluding hydrogens is 491 g/mol. The number of hydrogen-bond acceptors (Lipinski definition) is 3. The minimum Gasteiger partial charge on any atom is -0.483 e. The van der Waals surface area contributed by atoms with Gasteiger partial charge in [0.1, 0.15) is 11.8 Å². The van der Waals surface area contributed by atoms with Crippen LogP contribution in [0.2, 0.25) is 10.0 Å². The lowest BCUT2D eigenvalue weighted by Crippen LogP contribution is -2.50. The molecule has 0 fully saturated rings. The Bertz CT molecular complexity index is 877. The number of nitrogens with zero attached hydrogens (tertiary/aromatic N) is 1. The van der Waals surface area contributed by atoms with Crippen LogP contribution in [0.1, 0.15) is 32.8 Å². The summed E-state index contributed by atoms with van der Waals surface area (Å²) < 4.78 is 6.32. The molecule has 2 amide bonds. The molecule has 2 aromatic carbocycles. The molecule has 0 aliphatic rings. The summed E-state index contributed by atoms with van der Waals surface area (Å²) in [6, 6.07) is 11.6. The van der Waals surface area contributed by atoms with Gasteiger partial charge in [-0.3, -0.25) is 9.59 Å². The van der Waals surface area contributed by atoms with E-state index in [1.54, 1.807) is 37.3 Å². The van der Waals surface area contributed by atoms with Gasteiger partial charge < -0.3 is 15.0 Å². The van der Waals surface area contributed by atoms with Gasteiger partial charge in [-0.1, -0.05) is 42.3 Å². The summed E-state index contributed by atoms with van der Waals surface area (Å²) >= 11 is 15.3. The largest absolute Gasteiger partial charge is 0.483 e. The predicted molar refractivity (Wildman–Crippen MR) is 124 cm³/mol. The monoisotopic (exact) mass is 514 g/mol. The normalized spacial score (nSPS) is 12.7. The van der Waals surface area contributed by atoms with Gasteiger partial charge in [0, 0.05) is 22.6 Å². The van der Waals surface area contributed by atoms with Gasteiger partial charge >= 0.3 is 0 Å². The first kappa shape index (κ1) is 24.5. The number of ether oxygens (including phenoxy) is 1. The van der Waals surface area contributed by atoms with Crippen molar-refractivity contribution in [2.24, 2.45) is 0 Å². The predicted octanol–water partition coefficient (Wildman–Crippen LogP) is 5.47. The van der Waals surface area contributed by atoms with Crippen LogP contribution in [-0.4, -0.2) is 35.4 Å². The van der Waals surface area contributed by atoms with Gasteiger partial charge in [-0.2, -0.15) is 0 Å². The van der Waals surface area contributed by atoms with E-state index in [1.807, 2.05) is 26.0 Å². The molecule has 0 saturated carbocycles. The fraction of sp³-hybridized carbons (Fsp3) is 0.364. The number of rotatable bonds is 9. The highest BCUT2D eigenvalue weighted by Crippen LogP contribution is 2.28. The van der Waals surface area contributed by atoms with Crippen LogP contribution in [0.15, 0.2) is 46.9 Å². The van der Waals surface area contributed by atoms with Crippen LogP contribution in [0, 0.1) is 0 Å². The molecule has 2 aromatic rings. The second-order valence-corrected chi connectivity index (χ2v) is 8.73. The second-order valence-electron chi connectivity index (χ2n) is 7.01. The summed E-state index contributed by atoms with van der Waals surface area (Å²) in [5, 5.41) is 4.09. The van der Waals surface area contributed by atoms with E-state index < -0.39 is 6.04 Å². The maximum atomic E-state index is 13.0. The van der Waals surface area contributed by atoms with E-state index in [9.17, 15) is 9.59 Å². The van der Waals surface area contributed by atoms with Gasteiger partial charge in [0.05, 0.1) is 4.47 Å². The molecule has 2 atom stereocenters. The third-order valence-electron chi connectivity index (χ3n) is 4.68. The second kappa shape index (κ2) is 11.6. The Morgan fingerprint density at radius 2 is 1.73 bits per heavy atom.